The molecular weight excluding hydrogens is 304 g/mol. The van der Waals surface area contributed by atoms with Gasteiger partial charge in [0.2, 0.25) is 0 Å². The third-order valence-corrected chi connectivity index (χ3v) is 3.48. The number of urea groups is 1. The molecule has 5 heteroatoms. The standard InChI is InChI=1S/C19H24N2O3/c1-4-11-24-18-12-14(2)9-10-16(18)21-19(22)20-13-15-7-5-6-8-17(15)23-3/h5-10,12H,4,11,13H2,1-3H3,(H2,20,21,22). The van der Waals surface area contributed by atoms with E-state index in [9.17, 15) is 4.79 Å². The van der Waals surface area contributed by atoms with Crippen LogP contribution in [0.5, 0.6) is 11.5 Å². The van der Waals surface area contributed by atoms with Crippen molar-refractivity contribution in [2.75, 3.05) is 19.0 Å². The highest BCUT2D eigenvalue weighted by molar-refractivity contribution is 5.91. The second-order valence-corrected chi connectivity index (χ2v) is 5.47. The van der Waals surface area contributed by atoms with Crippen LogP contribution in [-0.4, -0.2) is 19.7 Å². The van der Waals surface area contributed by atoms with Crippen molar-refractivity contribution in [1.29, 1.82) is 0 Å². The number of carbonyl (C=O) groups is 1. The monoisotopic (exact) mass is 328 g/mol. The van der Waals surface area contributed by atoms with Gasteiger partial charge in [0.15, 0.2) is 0 Å². The van der Waals surface area contributed by atoms with Gasteiger partial charge in [0.05, 0.1) is 19.4 Å². The second kappa shape index (κ2) is 8.82. The summed E-state index contributed by atoms with van der Waals surface area (Å²) in [5.74, 6) is 1.43. The first-order valence-corrected chi connectivity index (χ1v) is 8.04. The number of carbonyl (C=O) groups excluding carboxylic acids is 1. The van der Waals surface area contributed by atoms with Crippen molar-refractivity contribution in [3.63, 3.8) is 0 Å². The summed E-state index contributed by atoms with van der Waals surface area (Å²) in [7, 11) is 1.61. The van der Waals surface area contributed by atoms with Gasteiger partial charge >= 0.3 is 6.03 Å². The van der Waals surface area contributed by atoms with Crippen molar-refractivity contribution in [3.8, 4) is 11.5 Å². The van der Waals surface area contributed by atoms with Crippen LogP contribution in [0.4, 0.5) is 10.5 Å². The number of methoxy groups -OCH3 is 1. The van der Waals surface area contributed by atoms with Gasteiger partial charge in [0, 0.05) is 12.1 Å². The summed E-state index contributed by atoms with van der Waals surface area (Å²) in [6.45, 7) is 5.03. The Bertz CT molecular complexity index is 686. The molecule has 0 aromatic heterocycles. The summed E-state index contributed by atoms with van der Waals surface area (Å²) in [6.07, 6.45) is 0.910. The van der Waals surface area contributed by atoms with Gasteiger partial charge in [-0.25, -0.2) is 4.79 Å². The fraction of sp³-hybridized carbons (Fsp3) is 0.316. The van der Waals surface area contributed by atoms with E-state index in [1.54, 1.807) is 7.11 Å². The molecule has 2 amide bonds. The Balaban J connectivity index is 1.99. The fourth-order valence-electron chi connectivity index (χ4n) is 2.26. The van der Waals surface area contributed by atoms with Gasteiger partial charge in [0.1, 0.15) is 11.5 Å². The van der Waals surface area contributed by atoms with Gasteiger partial charge in [0.25, 0.3) is 0 Å². The lowest BCUT2D eigenvalue weighted by Gasteiger charge is -2.14. The molecule has 0 bridgehead atoms. The van der Waals surface area contributed by atoms with Crippen LogP contribution in [0, 0.1) is 6.92 Å². The molecule has 2 N–H and O–H groups in total. The largest absolute Gasteiger partial charge is 0.496 e. The van der Waals surface area contributed by atoms with Crippen LogP contribution in [0.1, 0.15) is 24.5 Å². The van der Waals surface area contributed by atoms with Crippen molar-refractivity contribution in [1.82, 2.24) is 5.32 Å². The van der Waals surface area contributed by atoms with Crippen LogP contribution in [0.2, 0.25) is 0 Å². The molecule has 0 aliphatic carbocycles. The minimum absolute atomic E-state index is 0.286. The molecule has 0 aliphatic heterocycles. The molecule has 0 heterocycles. The van der Waals surface area contributed by atoms with Crippen LogP contribution < -0.4 is 20.1 Å². The summed E-state index contributed by atoms with van der Waals surface area (Å²) in [6, 6.07) is 13.0. The quantitative estimate of drug-likeness (QED) is 0.804. The molecule has 0 aliphatic rings. The van der Waals surface area contributed by atoms with E-state index in [-0.39, 0.29) is 6.03 Å². The molecular formula is C19H24N2O3. The molecule has 5 nitrogen and oxygen atoms in total. The first-order valence-electron chi connectivity index (χ1n) is 8.04. The van der Waals surface area contributed by atoms with E-state index >= 15 is 0 Å². The lowest BCUT2D eigenvalue weighted by atomic mass is 10.2. The fourth-order valence-corrected chi connectivity index (χ4v) is 2.26. The lowest BCUT2D eigenvalue weighted by Crippen LogP contribution is -2.28. The number of hydrogen-bond acceptors (Lipinski definition) is 3. The number of para-hydroxylation sites is 1. The summed E-state index contributed by atoms with van der Waals surface area (Å²) in [4.78, 5) is 12.2. The van der Waals surface area contributed by atoms with Crippen LogP contribution in [0.25, 0.3) is 0 Å². The molecule has 0 fully saturated rings. The summed E-state index contributed by atoms with van der Waals surface area (Å²) in [5.41, 5.74) is 2.66. The molecule has 0 saturated heterocycles. The van der Waals surface area contributed by atoms with E-state index in [1.165, 1.54) is 0 Å². The summed E-state index contributed by atoms with van der Waals surface area (Å²) < 4.78 is 11.0. The topological polar surface area (TPSA) is 59.6 Å². The lowest BCUT2D eigenvalue weighted by molar-refractivity contribution is 0.251. The van der Waals surface area contributed by atoms with Gasteiger partial charge < -0.3 is 20.1 Å². The van der Waals surface area contributed by atoms with Crippen LogP contribution in [0.3, 0.4) is 0 Å². The Morgan fingerprint density at radius 1 is 1.12 bits per heavy atom. The Labute approximate surface area is 143 Å². The number of ether oxygens (including phenoxy) is 2. The Kier molecular flexibility index (Phi) is 6.49. The van der Waals surface area contributed by atoms with Gasteiger partial charge in [-0.1, -0.05) is 31.2 Å². The molecule has 128 valence electrons. The van der Waals surface area contributed by atoms with E-state index in [2.05, 4.69) is 10.6 Å². The highest BCUT2D eigenvalue weighted by atomic mass is 16.5. The number of hydrogen-bond donors (Lipinski definition) is 2. The van der Waals surface area contributed by atoms with E-state index in [1.807, 2.05) is 56.3 Å². The van der Waals surface area contributed by atoms with Gasteiger partial charge in [-0.15, -0.1) is 0 Å². The maximum Gasteiger partial charge on any atom is 0.319 e. The molecule has 2 aromatic carbocycles. The maximum atomic E-state index is 12.2. The highest BCUT2D eigenvalue weighted by Gasteiger charge is 2.09. The zero-order valence-electron chi connectivity index (χ0n) is 14.4. The molecule has 24 heavy (non-hydrogen) atoms. The van der Waals surface area contributed by atoms with Crippen molar-refractivity contribution in [2.24, 2.45) is 0 Å². The normalized spacial score (nSPS) is 10.1. The number of nitrogens with one attached hydrogen (secondary N) is 2. The van der Waals surface area contributed by atoms with E-state index in [0.717, 1.165) is 23.3 Å². The first kappa shape index (κ1) is 17.7. The van der Waals surface area contributed by atoms with Crippen molar-refractivity contribution >= 4 is 11.7 Å². The smallest absolute Gasteiger partial charge is 0.319 e. The van der Waals surface area contributed by atoms with Crippen molar-refractivity contribution < 1.29 is 14.3 Å². The van der Waals surface area contributed by atoms with Gasteiger partial charge in [-0.2, -0.15) is 0 Å². The minimum atomic E-state index is -0.286. The van der Waals surface area contributed by atoms with E-state index in [0.29, 0.717) is 24.6 Å². The molecule has 0 radical (unpaired) electrons. The van der Waals surface area contributed by atoms with Gasteiger partial charge in [-0.05, 0) is 37.1 Å². The second-order valence-electron chi connectivity index (χ2n) is 5.47. The third kappa shape index (κ3) is 4.91. The highest BCUT2D eigenvalue weighted by Crippen LogP contribution is 2.26. The van der Waals surface area contributed by atoms with Crippen molar-refractivity contribution in [2.45, 2.75) is 26.8 Å². The Hall–Kier alpha value is -2.69. The molecule has 0 spiro atoms. The summed E-state index contributed by atoms with van der Waals surface area (Å²) >= 11 is 0. The summed E-state index contributed by atoms with van der Waals surface area (Å²) in [5, 5.41) is 5.67. The minimum Gasteiger partial charge on any atom is -0.496 e. The predicted molar refractivity (Wildman–Crippen MR) is 95.8 cm³/mol. The molecule has 0 unspecified atom stereocenters. The zero-order valence-corrected chi connectivity index (χ0v) is 14.4. The SMILES string of the molecule is CCCOc1cc(C)ccc1NC(=O)NCc1ccccc1OC. The molecule has 2 aromatic rings. The maximum absolute atomic E-state index is 12.2. The van der Waals surface area contributed by atoms with E-state index in [4.69, 9.17) is 9.47 Å². The number of benzene rings is 2. The number of aryl methyl sites for hydroxylation is 1. The average molecular weight is 328 g/mol. The molecule has 0 atom stereocenters. The predicted octanol–water partition coefficient (Wildman–Crippen LogP) is 4.11. The average Bonchev–Trinajstić information content (AvgIpc) is 2.60. The Morgan fingerprint density at radius 3 is 2.67 bits per heavy atom. The van der Waals surface area contributed by atoms with Crippen LogP contribution in [0.15, 0.2) is 42.5 Å². The number of anilines is 1. The number of rotatable bonds is 7. The third-order valence-electron chi connectivity index (χ3n) is 3.48. The molecule has 2 rings (SSSR count). The Morgan fingerprint density at radius 2 is 1.92 bits per heavy atom. The van der Waals surface area contributed by atoms with E-state index < -0.39 is 0 Å². The molecule has 0 saturated carbocycles. The zero-order chi connectivity index (χ0) is 17.4. The number of amides is 2. The van der Waals surface area contributed by atoms with Gasteiger partial charge in [-0.3, -0.25) is 0 Å². The van der Waals surface area contributed by atoms with Crippen LogP contribution in [-0.2, 0) is 6.54 Å². The first-order chi connectivity index (χ1) is 11.6. The van der Waals surface area contributed by atoms with Crippen molar-refractivity contribution in [3.05, 3.63) is 53.6 Å². The van der Waals surface area contributed by atoms with Crippen LogP contribution >= 0.6 is 0 Å².